The van der Waals surface area contributed by atoms with Gasteiger partial charge in [0, 0.05) is 13.5 Å². The molecule has 6 heteroatoms. The monoisotopic (exact) mass is 192 g/mol. The molecule has 76 valence electrons. The number of carboxylic acids is 1. The molecule has 0 radical (unpaired) electrons. The molecule has 0 unspecified atom stereocenters. The largest absolute Gasteiger partial charge is 0.479 e. The SMILES string of the molecule is CO[C@@H]1O[C@H](C(=O)O)[C@@H](O)C[C@H]1O. The number of ether oxygens (including phenoxy) is 2. The maximum Gasteiger partial charge on any atom is 0.335 e. The Morgan fingerprint density at radius 2 is 2.08 bits per heavy atom. The minimum absolute atomic E-state index is 0.0600. The second kappa shape index (κ2) is 4.01. The number of carbonyl (C=O) groups is 1. The molecule has 0 amide bonds. The van der Waals surface area contributed by atoms with E-state index in [1.807, 2.05) is 0 Å². The fourth-order valence-electron chi connectivity index (χ4n) is 1.24. The van der Waals surface area contributed by atoms with Gasteiger partial charge in [0.25, 0.3) is 0 Å². The van der Waals surface area contributed by atoms with Gasteiger partial charge in [-0.15, -0.1) is 0 Å². The summed E-state index contributed by atoms with van der Waals surface area (Å²) >= 11 is 0. The summed E-state index contributed by atoms with van der Waals surface area (Å²) < 4.78 is 9.49. The molecule has 4 atom stereocenters. The predicted octanol–water partition coefficient (Wildman–Crippen LogP) is -1.45. The van der Waals surface area contributed by atoms with Crippen molar-refractivity contribution < 1.29 is 29.6 Å². The van der Waals surface area contributed by atoms with Crippen molar-refractivity contribution >= 4 is 5.97 Å². The van der Waals surface area contributed by atoms with E-state index >= 15 is 0 Å². The van der Waals surface area contributed by atoms with E-state index in [4.69, 9.17) is 9.84 Å². The van der Waals surface area contributed by atoms with Gasteiger partial charge in [0.05, 0.1) is 6.10 Å². The Kier molecular flexibility index (Phi) is 3.21. The van der Waals surface area contributed by atoms with Crippen LogP contribution in [0.1, 0.15) is 6.42 Å². The third-order valence-corrected chi connectivity index (χ3v) is 1.90. The first-order chi connectivity index (χ1) is 6.06. The van der Waals surface area contributed by atoms with Crippen molar-refractivity contribution in [2.24, 2.45) is 0 Å². The summed E-state index contributed by atoms with van der Waals surface area (Å²) in [7, 11) is 1.30. The van der Waals surface area contributed by atoms with E-state index in [-0.39, 0.29) is 6.42 Å². The van der Waals surface area contributed by atoms with E-state index in [1.54, 1.807) is 0 Å². The maximum atomic E-state index is 10.5. The normalized spacial score (nSPS) is 40.2. The van der Waals surface area contributed by atoms with Crippen molar-refractivity contribution in [2.75, 3.05) is 7.11 Å². The van der Waals surface area contributed by atoms with Crippen molar-refractivity contribution in [3.8, 4) is 0 Å². The second-order valence-electron chi connectivity index (χ2n) is 2.87. The number of aliphatic hydroxyl groups is 2. The van der Waals surface area contributed by atoms with Crippen LogP contribution in [0.15, 0.2) is 0 Å². The molecule has 13 heavy (non-hydrogen) atoms. The van der Waals surface area contributed by atoms with Crippen molar-refractivity contribution in [2.45, 2.75) is 31.0 Å². The standard InChI is InChI=1S/C7H12O6/c1-12-7-4(9)2-3(8)5(13-7)6(10)11/h3-5,7-9H,2H2,1H3,(H,10,11)/t3-,4+,5-,7+/m0/s1. The van der Waals surface area contributed by atoms with Gasteiger partial charge >= 0.3 is 5.97 Å². The lowest BCUT2D eigenvalue weighted by molar-refractivity contribution is -0.256. The van der Waals surface area contributed by atoms with Crippen LogP contribution in [-0.4, -0.2) is 53.0 Å². The van der Waals surface area contributed by atoms with Gasteiger partial charge in [-0.25, -0.2) is 4.79 Å². The smallest absolute Gasteiger partial charge is 0.335 e. The summed E-state index contributed by atoms with van der Waals surface area (Å²) in [6.45, 7) is 0. The number of aliphatic carboxylic acids is 1. The second-order valence-corrected chi connectivity index (χ2v) is 2.87. The van der Waals surface area contributed by atoms with Crippen LogP contribution in [0.3, 0.4) is 0 Å². The van der Waals surface area contributed by atoms with Crippen LogP contribution in [0.2, 0.25) is 0 Å². The van der Waals surface area contributed by atoms with E-state index in [1.165, 1.54) is 7.11 Å². The van der Waals surface area contributed by atoms with Gasteiger partial charge in [-0.05, 0) is 0 Å². The van der Waals surface area contributed by atoms with Gasteiger partial charge in [0.2, 0.25) is 0 Å². The average molecular weight is 192 g/mol. The van der Waals surface area contributed by atoms with E-state index in [9.17, 15) is 15.0 Å². The molecule has 1 saturated heterocycles. The van der Waals surface area contributed by atoms with Crippen LogP contribution in [0.4, 0.5) is 0 Å². The molecule has 1 fully saturated rings. The third-order valence-electron chi connectivity index (χ3n) is 1.90. The Morgan fingerprint density at radius 1 is 1.46 bits per heavy atom. The Balaban J connectivity index is 2.63. The fraction of sp³-hybridized carbons (Fsp3) is 0.857. The zero-order valence-electron chi connectivity index (χ0n) is 7.08. The minimum atomic E-state index is -1.33. The van der Waals surface area contributed by atoms with Crippen molar-refractivity contribution in [1.82, 2.24) is 0 Å². The quantitative estimate of drug-likeness (QED) is 0.495. The summed E-state index contributed by atoms with van der Waals surface area (Å²) in [5.74, 6) is -1.26. The number of carboxylic acid groups (broad SMARTS) is 1. The molecule has 1 aliphatic rings. The fourth-order valence-corrected chi connectivity index (χ4v) is 1.24. The molecule has 0 aromatic heterocycles. The highest BCUT2D eigenvalue weighted by atomic mass is 16.7. The highest BCUT2D eigenvalue weighted by Gasteiger charge is 2.40. The summed E-state index contributed by atoms with van der Waals surface area (Å²) in [6.07, 6.45) is -4.55. The van der Waals surface area contributed by atoms with E-state index in [0.717, 1.165) is 0 Å². The number of methoxy groups -OCH3 is 1. The van der Waals surface area contributed by atoms with E-state index in [2.05, 4.69) is 4.74 Å². The van der Waals surface area contributed by atoms with E-state index < -0.39 is 30.6 Å². The highest BCUT2D eigenvalue weighted by molar-refractivity contribution is 5.73. The molecule has 1 aliphatic heterocycles. The molecule has 1 heterocycles. The number of aliphatic hydroxyl groups excluding tert-OH is 2. The summed E-state index contributed by atoms with van der Waals surface area (Å²) in [5, 5.41) is 27.0. The Labute approximate surface area is 74.7 Å². The lowest BCUT2D eigenvalue weighted by atomic mass is 10.0. The average Bonchev–Trinajstić information content (AvgIpc) is 2.03. The third kappa shape index (κ3) is 2.16. The van der Waals surface area contributed by atoms with Crippen LogP contribution in [0, 0.1) is 0 Å². The van der Waals surface area contributed by atoms with Gasteiger partial charge in [0.1, 0.15) is 6.10 Å². The molecule has 0 saturated carbocycles. The maximum absolute atomic E-state index is 10.5. The van der Waals surface area contributed by atoms with Gasteiger partial charge in [-0.2, -0.15) is 0 Å². The Morgan fingerprint density at radius 3 is 2.54 bits per heavy atom. The summed E-state index contributed by atoms with van der Waals surface area (Å²) in [4.78, 5) is 10.5. The summed E-state index contributed by atoms with van der Waals surface area (Å²) in [5.41, 5.74) is 0. The highest BCUT2D eigenvalue weighted by Crippen LogP contribution is 2.20. The molecule has 0 aromatic rings. The minimum Gasteiger partial charge on any atom is -0.479 e. The molecular formula is C7H12O6. The zero-order valence-corrected chi connectivity index (χ0v) is 7.08. The molecule has 0 aliphatic carbocycles. The van der Waals surface area contributed by atoms with Gasteiger partial charge < -0.3 is 24.8 Å². The lowest BCUT2D eigenvalue weighted by Crippen LogP contribution is -2.51. The van der Waals surface area contributed by atoms with Gasteiger partial charge in [0.15, 0.2) is 12.4 Å². The molecule has 3 N–H and O–H groups in total. The first kappa shape index (κ1) is 10.4. The van der Waals surface area contributed by atoms with Crippen LogP contribution >= 0.6 is 0 Å². The Bertz CT molecular complexity index is 193. The van der Waals surface area contributed by atoms with Gasteiger partial charge in [-0.3, -0.25) is 0 Å². The van der Waals surface area contributed by atoms with Crippen LogP contribution in [0.25, 0.3) is 0 Å². The van der Waals surface area contributed by atoms with E-state index in [0.29, 0.717) is 0 Å². The first-order valence-electron chi connectivity index (χ1n) is 3.83. The molecule has 0 aromatic carbocycles. The zero-order chi connectivity index (χ0) is 10.0. The summed E-state index contributed by atoms with van der Waals surface area (Å²) in [6, 6.07) is 0. The number of hydrogen-bond donors (Lipinski definition) is 3. The van der Waals surface area contributed by atoms with Crippen molar-refractivity contribution in [3.05, 3.63) is 0 Å². The first-order valence-corrected chi connectivity index (χ1v) is 3.83. The molecule has 6 nitrogen and oxygen atoms in total. The van der Waals surface area contributed by atoms with Crippen molar-refractivity contribution in [3.63, 3.8) is 0 Å². The number of hydrogen-bond acceptors (Lipinski definition) is 5. The molecule has 0 bridgehead atoms. The topological polar surface area (TPSA) is 96.2 Å². The lowest BCUT2D eigenvalue weighted by Gasteiger charge is -2.33. The molecule has 0 spiro atoms. The van der Waals surface area contributed by atoms with Crippen LogP contribution in [0.5, 0.6) is 0 Å². The Hall–Kier alpha value is -0.690. The molecule has 1 rings (SSSR count). The van der Waals surface area contributed by atoms with Crippen molar-refractivity contribution in [1.29, 1.82) is 0 Å². The van der Waals surface area contributed by atoms with Crippen LogP contribution in [-0.2, 0) is 14.3 Å². The van der Waals surface area contributed by atoms with Gasteiger partial charge in [-0.1, -0.05) is 0 Å². The van der Waals surface area contributed by atoms with Crippen LogP contribution < -0.4 is 0 Å². The molecular weight excluding hydrogens is 180 g/mol. The number of rotatable bonds is 2. The predicted molar refractivity (Wildman–Crippen MR) is 39.9 cm³/mol.